The van der Waals surface area contributed by atoms with E-state index in [4.69, 9.17) is 9.84 Å². The van der Waals surface area contributed by atoms with Gasteiger partial charge in [-0.3, -0.25) is 0 Å². The Morgan fingerprint density at radius 1 is 1.30 bits per heavy atom. The minimum absolute atomic E-state index is 0.0762. The number of fused-ring (bicyclic) bond motifs is 1. The van der Waals surface area contributed by atoms with E-state index in [0.717, 1.165) is 22.5 Å². The summed E-state index contributed by atoms with van der Waals surface area (Å²) in [5, 5.41) is 8.82. The minimum Gasteiger partial charge on any atom is -0.495 e. The Hall–Kier alpha value is -2.14. The van der Waals surface area contributed by atoms with Gasteiger partial charge in [0.05, 0.1) is 11.6 Å². The van der Waals surface area contributed by atoms with Crippen molar-refractivity contribution >= 4 is 33.0 Å². The summed E-state index contributed by atoms with van der Waals surface area (Å²) in [6.45, 7) is 12.1. The Kier molecular flexibility index (Phi) is 7.51. The molecule has 0 atom stereocenters. The first kappa shape index (κ1) is 24.1. The van der Waals surface area contributed by atoms with E-state index in [1.54, 1.807) is 21.0 Å². The first-order valence-electron chi connectivity index (χ1n) is 9.98. The molecular weight excluding hydrogens is 447 g/mol. The molecule has 2 rings (SSSR count). The number of hydrogen-bond donors (Lipinski definition) is 1. The molecule has 0 saturated heterocycles. The predicted octanol–water partition coefficient (Wildman–Crippen LogP) is 7.47. The second-order valence-corrected chi connectivity index (χ2v) is 9.42. The van der Waals surface area contributed by atoms with Gasteiger partial charge in [-0.25, -0.2) is 9.18 Å². The van der Waals surface area contributed by atoms with Gasteiger partial charge in [-0.05, 0) is 87.5 Å². The van der Waals surface area contributed by atoms with Crippen LogP contribution in [0.1, 0.15) is 64.7 Å². The highest BCUT2D eigenvalue weighted by Gasteiger charge is 2.34. The van der Waals surface area contributed by atoms with Gasteiger partial charge in [-0.2, -0.15) is 0 Å². The van der Waals surface area contributed by atoms with E-state index >= 15 is 4.39 Å². The van der Waals surface area contributed by atoms with E-state index in [0.29, 0.717) is 28.4 Å². The van der Waals surface area contributed by atoms with Gasteiger partial charge < -0.3 is 9.84 Å². The number of benzene rings is 1. The van der Waals surface area contributed by atoms with Crippen LogP contribution in [0, 0.1) is 5.92 Å². The zero-order chi connectivity index (χ0) is 22.8. The number of halogens is 2. The molecule has 1 N–H and O–H groups in total. The molecule has 0 amide bonds. The molecule has 1 aromatic carbocycles. The second kappa shape index (κ2) is 9.34. The average Bonchev–Trinajstić information content (AvgIpc) is 2.63. The molecular formula is C25H30BrFO3. The second-order valence-electron chi connectivity index (χ2n) is 8.63. The summed E-state index contributed by atoms with van der Waals surface area (Å²) in [6.07, 6.45) is 6.99. The summed E-state index contributed by atoms with van der Waals surface area (Å²) in [7, 11) is 1.59. The number of aliphatic carboxylic acids is 1. The number of allylic oxidation sites excluding steroid dienone is 7. The van der Waals surface area contributed by atoms with Gasteiger partial charge in [0.2, 0.25) is 0 Å². The third-order valence-electron chi connectivity index (χ3n) is 5.47. The van der Waals surface area contributed by atoms with Crippen molar-refractivity contribution in [3.63, 3.8) is 0 Å². The lowest BCUT2D eigenvalue weighted by atomic mass is 9.70. The molecule has 0 heterocycles. The number of carboxylic acids is 1. The number of methoxy groups -OCH3 is 1. The maximum absolute atomic E-state index is 15.0. The Balaban J connectivity index is 2.71. The normalized spacial score (nSPS) is 17.0. The molecule has 30 heavy (non-hydrogen) atoms. The number of carbonyl (C=O) groups is 1. The van der Waals surface area contributed by atoms with Crippen molar-refractivity contribution in [2.75, 3.05) is 7.11 Å². The maximum atomic E-state index is 15.0. The van der Waals surface area contributed by atoms with Crippen LogP contribution in [-0.4, -0.2) is 18.2 Å². The fourth-order valence-electron chi connectivity index (χ4n) is 3.82. The van der Waals surface area contributed by atoms with Gasteiger partial charge in [0.15, 0.2) is 0 Å². The molecule has 0 spiro atoms. The molecule has 3 nitrogen and oxygen atoms in total. The van der Waals surface area contributed by atoms with Gasteiger partial charge >= 0.3 is 5.97 Å². The smallest absolute Gasteiger partial charge is 0.328 e. The van der Waals surface area contributed by atoms with Crippen LogP contribution in [0.2, 0.25) is 0 Å². The van der Waals surface area contributed by atoms with E-state index < -0.39 is 11.8 Å². The van der Waals surface area contributed by atoms with Crippen LogP contribution in [-0.2, 0) is 10.2 Å². The average molecular weight is 477 g/mol. The largest absolute Gasteiger partial charge is 0.495 e. The predicted molar refractivity (Wildman–Crippen MR) is 125 cm³/mol. The van der Waals surface area contributed by atoms with E-state index in [1.165, 1.54) is 23.3 Å². The summed E-state index contributed by atoms with van der Waals surface area (Å²) in [4.78, 5) is 10.8. The molecule has 5 heteroatoms. The van der Waals surface area contributed by atoms with Crippen molar-refractivity contribution in [1.82, 2.24) is 0 Å². The van der Waals surface area contributed by atoms with Crippen LogP contribution in [0.5, 0.6) is 5.75 Å². The van der Waals surface area contributed by atoms with E-state index in [1.807, 2.05) is 6.07 Å². The fourth-order valence-corrected chi connectivity index (χ4v) is 4.95. The van der Waals surface area contributed by atoms with E-state index in [9.17, 15) is 4.79 Å². The third kappa shape index (κ3) is 4.94. The molecule has 0 aromatic heterocycles. The lowest BCUT2D eigenvalue weighted by Crippen LogP contribution is -2.24. The first-order valence-corrected chi connectivity index (χ1v) is 10.8. The molecule has 0 aliphatic heterocycles. The Morgan fingerprint density at radius 2 is 1.93 bits per heavy atom. The maximum Gasteiger partial charge on any atom is 0.328 e. The van der Waals surface area contributed by atoms with Crippen molar-refractivity contribution in [2.45, 2.75) is 53.4 Å². The molecule has 1 aromatic rings. The molecule has 1 aliphatic carbocycles. The summed E-state index contributed by atoms with van der Waals surface area (Å²) in [5.74, 6) is -0.561. The van der Waals surface area contributed by atoms with Crippen LogP contribution >= 0.6 is 15.9 Å². The van der Waals surface area contributed by atoms with Gasteiger partial charge in [-0.1, -0.05) is 39.8 Å². The minimum atomic E-state index is -1.06. The summed E-state index contributed by atoms with van der Waals surface area (Å²) < 4.78 is 21.6. The number of ether oxygens (including phenoxy) is 1. The number of carboxylic acid groups (broad SMARTS) is 1. The van der Waals surface area contributed by atoms with E-state index in [-0.39, 0.29) is 5.41 Å². The van der Waals surface area contributed by atoms with Crippen molar-refractivity contribution in [1.29, 1.82) is 0 Å². The first-order chi connectivity index (χ1) is 13.9. The van der Waals surface area contributed by atoms with Gasteiger partial charge in [0.1, 0.15) is 11.6 Å². The number of hydrogen-bond acceptors (Lipinski definition) is 2. The van der Waals surface area contributed by atoms with Gasteiger partial charge in [0, 0.05) is 11.6 Å². The topological polar surface area (TPSA) is 46.5 Å². The lowest BCUT2D eigenvalue weighted by molar-refractivity contribution is -0.131. The summed E-state index contributed by atoms with van der Waals surface area (Å²) >= 11 is 3.75. The highest BCUT2D eigenvalue weighted by atomic mass is 79.9. The fraction of sp³-hybridized carbons (Fsp3) is 0.400. The molecule has 0 bridgehead atoms. The molecule has 0 radical (unpaired) electrons. The molecule has 0 unspecified atom stereocenters. The highest BCUT2D eigenvalue weighted by molar-refractivity contribution is 9.10. The van der Waals surface area contributed by atoms with Gasteiger partial charge in [-0.15, -0.1) is 0 Å². The SMILES string of the molecule is COc1c(\C(C)=C(F)/C=C/C(C)=C/C(=O)O)cc2c(c1Br)C(C)(C)CC=C2C(C)C. The third-order valence-corrected chi connectivity index (χ3v) is 6.23. The van der Waals surface area contributed by atoms with Crippen LogP contribution in [0.25, 0.3) is 11.1 Å². The molecule has 0 fully saturated rings. The highest BCUT2D eigenvalue weighted by Crippen LogP contribution is 2.50. The van der Waals surface area contributed by atoms with Crippen LogP contribution < -0.4 is 4.74 Å². The van der Waals surface area contributed by atoms with Crippen molar-refractivity contribution < 1.29 is 19.0 Å². The molecule has 162 valence electrons. The standard InChI is InChI=1S/C25H30BrFO3/c1-14(2)17-10-11-25(5,6)22-19(17)13-18(24(30-7)23(22)26)16(4)20(27)9-8-15(3)12-21(28)29/h8-10,12-14H,11H2,1-7H3,(H,28,29)/b9-8+,15-12+,20-16+. The zero-order valence-electron chi connectivity index (χ0n) is 18.7. The number of rotatable bonds is 6. The van der Waals surface area contributed by atoms with Crippen LogP contribution in [0.4, 0.5) is 4.39 Å². The van der Waals surface area contributed by atoms with Gasteiger partial charge in [0.25, 0.3) is 0 Å². The van der Waals surface area contributed by atoms with Crippen molar-refractivity contribution in [3.05, 3.63) is 62.9 Å². The van der Waals surface area contributed by atoms with Crippen LogP contribution in [0.15, 0.2) is 46.2 Å². The Labute approximate surface area is 187 Å². The summed E-state index contributed by atoms with van der Waals surface area (Å²) in [6, 6.07) is 2.02. The quantitative estimate of drug-likeness (QED) is 0.342. The van der Waals surface area contributed by atoms with Crippen molar-refractivity contribution in [3.8, 4) is 5.75 Å². The molecule has 0 saturated carbocycles. The summed E-state index contributed by atoms with van der Waals surface area (Å²) in [5.41, 5.74) is 5.03. The van der Waals surface area contributed by atoms with Crippen LogP contribution in [0.3, 0.4) is 0 Å². The Morgan fingerprint density at radius 3 is 2.47 bits per heavy atom. The molecule has 1 aliphatic rings. The monoisotopic (exact) mass is 476 g/mol. The lowest BCUT2D eigenvalue weighted by Gasteiger charge is -2.35. The van der Waals surface area contributed by atoms with E-state index in [2.05, 4.69) is 49.7 Å². The Bertz CT molecular complexity index is 979. The van der Waals surface area contributed by atoms with Crippen molar-refractivity contribution in [2.24, 2.45) is 5.92 Å². The zero-order valence-corrected chi connectivity index (χ0v) is 20.3.